The third kappa shape index (κ3) is 5.29. The Balaban J connectivity index is 1.34. The molecule has 0 unspecified atom stereocenters. The number of fused-ring (bicyclic) bond motifs is 1. The fourth-order valence-electron chi connectivity index (χ4n) is 4.33. The standard InChI is InChI=1S/C24H31N7O3S/c1-24(2,14-27-23(32)34-3)30-21-19-18(8-11-35(19)33)28-22(29-21)31-9-6-16(7-10-31)20-25-12-17(13-26-20)15-4-5-15/h6,12-13,15H,4-5,7-11,14H2,1-3H3,(H,27,32)(H,28,29,30)/t35-/m1/s1. The minimum atomic E-state index is -1.15. The number of amides is 1. The number of aromatic nitrogens is 4. The van der Waals surface area contributed by atoms with Crippen molar-refractivity contribution in [1.82, 2.24) is 25.3 Å². The van der Waals surface area contributed by atoms with Gasteiger partial charge >= 0.3 is 6.09 Å². The first-order valence-corrected chi connectivity index (χ1v) is 13.3. The van der Waals surface area contributed by atoms with Gasteiger partial charge in [0, 0.05) is 44.2 Å². The number of rotatable bonds is 7. The van der Waals surface area contributed by atoms with Crippen molar-refractivity contribution >= 4 is 34.2 Å². The van der Waals surface area contributed by atoms with Gasteiger partial charge in [-0.25, -0.2) is 19.7 Å². The number of nitrogens with zero attached hydrogens (tertiary/aromatic N) is 5. The first-order chi connectivity index (χ1) is 16.8. The summed E-state index contributed by atoms with van der Waals surface area (Å²) in [6, 6.07) is 0. The van der Waals surface area contributed by atoms with Crippen molar-refractivity contribution in [2.45, 2.75) is 55.9 Å². The molecule has 2 aliphatic heterocycles. The molecule has 2 N–H and O–H groups in total. The van der Waals surface area contributed by atoms with Gasteiger partial charge in [-0.05, 0) is 50.2 Å². The molecule has 2 aromatic heterocycles. The van der Waals surface area contributed by atoms with Crippen LogP contribution in [-0.4, -0.2) is 68.3 Å². The van der Waals surface area contributed by atoms with Crippen LogP contribution in [-0.2, 0) is 22.0 Å². The van der Waals surface area contributed by atoms with E-state index in [1.54, 1.807) is 0 Å². The van der Waals surface area contributed by atoms with Gasteiger partial charge in [-0.15, -0.1) is 0 Å². The molecule has 0 spiro atoms. The normalized spacial score (nSPS) is 19.7. The third-order valence-electron chi connectivity index (χ3n) is 6.49. The molecule has 2 aromatic rings. The minimum absolute atomic E-state index is 0.315. The topological polar surface area (TPSA) is 122 Å². The second-order valence-corrected chi connectivity index (χ2v) is 11.3. The lowest BCUT2D eigenvalue weighted by Crippen LogP contribution is -2.44. The van der Waals surface area contributed by atoms with Gasteiger partial charge in [-0.3, -0.25) is 4.21 Å². The van der Waals surface area contributed by atoms with Crippen LogP contribution in [0.2, 0.25) is 0 Å². The van der Waals surface area contributed by atoms with Crippen LogP contribution < -0.4 is 15.5 Å². The molecule has 35 heavy (non-hydrogen) atoms. The van der Waals surface area contributed by atoms with Crippen molar-refractivity contribution < 1.29 is 13.7 Å². The van der Waals surface area contributed by atoms with E-state index in [2.05, 4.69) is 36.3 Å². The van der Waals surface area contributed by atoms with Crippen molar-refractivity contribution in [2.24, 2.45) is 0 Å². The Labute approximate surface area is 207 Å². The van der Waals surface area contributed by atoms with Gasteiger partial charge in [-0.2, -0.15) is 4.98 Å². The van der Waals surface area contributed by atoms with Gasteiger partial charge in [0.15, 0.2) is 5.82 Å². The lowest BCUT2D eigenvalue weighted by atomic mass is 10.1. The van der Waals surface area contributed by atoms with Crippen molar-refractivity contribution in [2.75, 3.05) is 42.7 Å². The van der Waals surface area contributed by atoms with Gasteiger partial charge in [-0.1, -0.05) is 6.08 Å². The number of nitrogens with one attached hydrogen (secondary N) is 2. The maximum absolute atomic E-state index is 12.7. The molecule has 3 aliphatic rings. The molecule has 1 saturated carbocycles. The van der Waals surface area contributed by atoms with E-state index >= 15 is 0 Å². The highest BCUT2D eigenvalue weighted by atomic mass is 32.2. The predicted octanol–water partition coefficient (Wildman–Crippen LogP) is 2.65. The van der Waals surface area contributed by atoms with Gasteiger partial charge in [0.1, 0.15) is 10.7 Å². The van der Waals surface area contributed by atoms with Crippen LogP contribution >= 0.6 is 0 Å². The van der Waals surface area contributed by atoms with Crippen molar-refractivity contribution in [3.63, 3.8) is 0 Å². The van der Waals surface area contributed by atoms with Crippen molar-refractivity contribution in [3.05, 3.63) is 35.6 Å². The lowest BCUT2D eigenvalue weighted by molar-refractivity contribution is 0.169. The molecule has 10 nitrogen and oxygen atoms in total. The van der Waals surface area contributed by atoms with Crippen molar-refractivity contribution in [1.29, 1.82) is 0 Å². The molecule has 186 valence electrons. The second kappa shape index (κ2) is 9.52. The molecule has 1 fully saturated rings. The summed E-state index contributed by atoms with van der Waals surface area (Å²) in [4.78, 5) is 33.1. The molecule has 0 radical (unpaired) electrons. The lowest BCUT2D eigenvalue weighted by Gasteiger charge is -2.30. The number of anilines is 2. The fourth-order valence-corrected chi connectivity index (χ4v) is 5.63. The van der Waals surface area contributed by atoms with Gasteiger partial charge in [0.25, 0.3) is 0 Å². The Morgan fingerprint density at radius 2 is 2.00 bits per heavy atom. The van der Waals surface area contributed by atoms with Crippen LogP contribution in [0.3, 0.4) is 0 Å². The first-order valence-electron chi connectivity index (χ1n) is 12.0. The minimum Gasteiger partial charge on any atom is -0.453 e. The van der Waals surface area contributed by atoms with E-state index in [1.807, 2.05) is 26.2 Å². The SMILES string of the molecule is COC(=O)NCC(C)(C)Nc1nc(N2CC=C(c3ncc(C4CC4)cn3)CC2)nc2c1[S@](=O)CC2. The smallest absolute Gasteiger partial charge is 0.406 e. The molecule has 1 atom stereocenters. The number of carbonyl (C=O) groups excluding carboxylic acids is 1. The van der Waals surface area contributed by atoms with E-state index in [9.17, 15) is 9.00 Å². The zero-order valence-electron chi connectivity index (χ0n) is 20.3. The Morgan fingerprint density at radius 1 is 1.23 bits per heavy atom. The molecule has 0 bridgehead atoms. The number of ether oxygens (including phenoxy) is 1. The van der Waals surface area contributed by atoms with Gasteiger partial charge in [0.2, 0.25) is 5.95 Å². The predicted molar refractivity (Wildman–Crippen MR) is 134 cm³/mol. The van der Waals surface area contributed by atoms with Gasteiger partial charge < -0.3 is 20.3 Å². The summed E-state index contributed by atoms with van der Waals surface area (Å²) in [6.07, 6.45) is 9.50. The molecule has 1 aliphatic carbocycles. The zero-order chi connectivity index (χ0) is 24.6. The number of aryl methyl sites for hydroxylation is 1. The summed E-state index contributed by atoms with van der Waals surface area (Å²) in [5.41, 5.74) is 2.65. The average molecular weight is 498 g/mol. The highest BCUT2D eigenvalue weighted by Crippen LogP contribution is 2.39. The number of methoxy groups -OCH3 is 1. The number of carbonyl (C=O) groups is 1. The molecular formula is C24H31N7O3S. The zero-order valence-corrected chi connectivity index (χ0v) is 21.2. The molecule has 5 rings (SSSR count). The maximum atomic E-state index is 12.7. The summed E-state index contributed by atoms with van der Waals surface area (Å²) in [5, 5.41) is 6.10. The van der Waals surface area contributed by atoms with E-state index in [4.69, 9.17) is 9.97 Å². The van der Waals surface area contributed by atoms with Crippen LogP contribution in [0.1, 0.15) is 56.1 Å². The largest absolute Gasteiger partial charge is 0.453 e. The van der Waals surface area contributed by atoms with E-state index in [1.165, 1.54) is 25.5 Å². The van der Waals surface area contributed by atoms with E-state index in [0.717, 1.165) is 30.1 Å². The summed E-state index contributed by atoms with van der Waals surface area (Å²) < 4.78 is 17.4. The summed E-state index contributed by atoms with van der Waals surface area (Å²) in [6.45, 7) is 5.60. The highest BCUT2D eigenvalue weighted by Gasteiger charge is 2.31. The Kier molecular flexibility index (Phi) is 6.43. The monoisotopic (exact) mass is 497 g/mol. The number of hydrogen-bond donors (Lipinski definition) is 2. The fraction of sp³-hybridized carbons (Fsp3) is 0.542. The van der Waals surface area contributed by atoms with Crippen LogP contribution in [0.15, 0.2) is 23.4 Å². The Hall–Kier alpha value is -3.08. The van der Waals surface area contributed by atoms with Crippen LogP contribution in [0.25, 0.3) is 5.57 Å². The molecule has 1 amide bonds. The molecule has 11 heteroatoms. The van der Waals surface area contributed by atoms with Crippen molar-refractivity contribution in [3.8, 4) is 0 Å². The molecule has 0 aromatic carbocycles. The van der Waals surface area contributed by atoms with Gasteiger partial charge in [0.05, 0.1) is 29.1 Å². The molecule has 4 heterocycles. The van der Waals surface area contributed by atoms with E-state index in [0.29, 0.717) is 47.8 Å². The second-order valence-electron chi connectivity index (χ2n) is 9.84. The van der Waals surface area contributed by atoms with Crippen LogP contribution in [0.5, 0.6) is 0 Å². The summed E-state index contributed by atoms with van der Waals surface area (Å²) in [7, 11) is 0.180. The molecule has 0 saturated heterocycles. The van der Waals surface area contributed by atoms with E-state index in [-0.39, 0.29) is 0 Å². The van der Waals surface area contributed by atoms with Crippen LogP contribution in [0.4, 0.5) is 16.6 Å². The summed E-state index contributed by atoms with van der Waals surface area (Å²) >= 11 is 0. The summed E-state index contributed by atoms with van der Waals surface area (Å²) in [5.74, 6) is 3.16. The molecular weight excluding hydrogens is 466 g/mol. The Morgan fingerprint density at radius 3 is 2.66 bits per heavy atom. The third-order valence-corrected chi connectivity index (χ3v) is 7.95. The quantitative estimate of drug-likeness (QED) is 0.594. The van der Waals surface area contributed by atoms with E-state index < -0.39 is 22.4 Å². The average Bonchev–Trinajstić information content (AvgIpc) is 3.65. The Bertz CT molecular complexity index is 1180. The first kappa shape index (κ1) is 23.7. The maximum Gasteiger partial charge on any atom is 0.406 e. The number of hydrogen-bond acceptors (Lipinski definition) is 9. The highest BCUT2D eigenvalue weighted by molar-refractivity contribution is 7.85. The van der Waals surface area contributed by atoms with Crippen LogP contribution in [0, 0.1) is 0 Å². The number of alkyl carbamates (subject to hydrolysis) is 1.